The van der Waals surface area contributed by atoms with E-state index in [1.807, 2.05) is 47.8 Å². The lowest BCUT2D eigenvalue weighted by atomic mass is 10.2. The molecule has 2 aromatic heterocycles. The molecule has 1 aromatic carbocycles. The quantitative estimate of drug-likeness (QED) is 0.756. The second kappa shape index (κ2) is 4.72. The molecule has 3 aromatic rings. The van der Waals surface area contributed by atoms with E-state index < -0.39 is 0 Å². The summed E-state index contributed by atoms with van der Waals surface area (Å²) in [5, 5.41) is 9.12. The highest BCUT2D eigenvalue weighted by Crippen LogP contribution is 2.22. The molecule has 0 spiro atoms. The number of hydrogen-bond donors (Lipinski definition) is 2. The smallest absolute Gasteiger partial charge is 0.181 e. The van der Waals surface area contributed by atoms with Gasteiger partial charge in [0.2, 0.25) is 0 Å². The molecule has 0 aliphatic heterocycles. The second-order valence-electron chi connectivity index (χ2n) is 3.90. The number of H-pyrrole nitrogens is 1. The van der Waals surface area contributed by atoms with E-state index in [4.69, 9.17) is 5.73 Å². The van der Waals surface area contributed by atoms with Gasteiger partial charge in [0.1, 0.15) is 5.82 Å². The first kappa shape index (κ1) is 11.1. The van der Waals surface area contributed by atoms with E-state index >= 15 is 0 Å². The average molecular weight is 256 g/mol. The highest BCUT2D eigenvalue weighted by atomic mass is 32.1. The van der Waals surface area contributed by atoms with Crippen LogP contribution in [0.3, 0.4) is 0 Å². The van der Waals surface area contributed by atoms with Crippen molar-refractivity contribution in [2.24, 2.45) is 5.73 Å². The van der Waals surface area contributed by atoms with Crippen LogP contribution in [0.4, 0.5) is 0 Å². The van der Waals surface area contributed by atoms with E-state index in [1.54, 1.807) is 11.3 Å². The van der Waals surface area contributed by atoms with Crippen LogP contribution >= 0.6 is 11.3 Å². The maximum Gasteiger partial charge on any atom is 0.181 e. The molecule has 18 heavy (non-hydrogen) atoms. The number of benzene rings is 1. The average Bonchev–Trinajstić information content (AvgIpc) is 3.10. The van der Waals surface area contributed by atoms with Crippen molar-refractivity contribution in [1.82, 2.24) is 15.2 Å². The van der Waals surface area contributed by atoms with Crippen molar-refractivity contribution in [2.45, 2.75) is 6.04 Å². The number of thiophene rings is 1. The third-order valence-corrected chi connectivity index (χ3v) is 3.63. The van der Waals surface area contributed by atoms with Gasteiger partial charge < -0.3 is 5.73 Å². The van der Waals surface area contributed by atoms with Gasteiger partial charge in [-0.05, 0) is 11.4 Å². The summed E-state index contributed by atoms with van der Waals surface area (Å²) < 4.78 is 0. The molecule has 0 bridgehead atoms. The molecule has 1 unspecified atom stereocenters. The van der Waals surface area contributed by atoms with Gasteiger partial charge in [-0.3, -0.25) is 5.10 Å². The zero-order valence-electron chi connectivity index (χ0n) is 9.58. The minimum Gasteiger partial charge on any atom is -0.317 e. The van der Waals surface area contributed by atoms with Crippen molar-refractivity contribution < 1.29 is 0 Å². The number of hydrogen-bond acceptors (Lipinski definition) is 4. The van der Waals surface area contributed by atoms with Crippen molar-refractivity contribution in [1.29, 1.82) is 0 Å². The van der Waals surface area contributed by atoms with Gasteiger partial charge in [0.15, 0.2) is 5.82 Å². The molecule has 0 saturated heterocycles. The summed E-state index contributed by atoms with van der Waals surface area (Å²) in [6.45, 7) is 0. The van der Waals surface area contributed by atoms with Gasteiger partial charge in [0.25, 0.3) is 0 Å². The van der Waals surface area contributed by atoms with E-state index in [1.165, 1.54) is 0 Å². The number of rotatable bonds is 3. The number of aromatic nitrogens is 3. The van der Waals surface area contributed by atoms with E-state index in [9.17, 15) is 0 Å². The van der Waals surface area contributed by atoms with Crippen LogP contribution in [-0.2, 0) is 0 Å². The second-order valence-corrected chi connectivity index (χ2v) is 4.88. The Kier molecular flexibility index (Phi) is 2.92. The van der Waals surface area contributed by atoms with Crippen LogP contribution in [0.5, 0.6) is 0 Å². The predicted molar refractivity (Wildman–Crippen MR) is 72.2 cm³/mol. The first-order valence-corrected chi connectivity index (χ1v) is 6.49. The van der Waals surface area contributed by atoms with Crippen LogP contribution in [0.15, 0.2) is 47.8 Å². The fourth-order valence-electron chi connectivity index (χ4n) is 1.73. The molecule has 0 radical (unpaired) electrons. The first-order valence-electron chi connectivity index (χ1n) is 5.61. The van der Waals surface area contributed by atoms with Gasteiger partial charge in [0.05, 0.1) is 6.04 Å². The number of aromatic amines is 1. The Morgan fingerprint density at radius 1 is 1.11 bits per heavy atom. The molecule has 3 N–H and O–H groups in total. The van der Waals surface area contributed by atoms with E-state index in [-0.39, 0.29) is 6.04 Å². The predicted octanol–water partition coefficient (Wildman–Crippen LogP) is 2.58. The van der Waals surface area contributed by atoms with Gasteiger partial charge in [-0.2, -0.15) is 5.10 Å². The fraction of sp³-hybridized carbons (Fsp3) is 0.0769. The minimum absolute atomic E-state index is 0.241. The molecule has 1 atom stereocenters. The van der Waals surface area contributed by atoms with Gasteiger partial charge >= 0.3 is 0 Å². The summed E-state index contributed by atoms with van der Waals surface area (Å²) in [5.74, 6) is 1.37. The topological polar surface area (TPSA) is 67.6 Å². The lowest BCUT2D eigenvalue weighted by molar-refractivity contribution is 0.802. The highest BCUT2D eigenvalue weighted by molar-refractivity contribution is 7.10. The van der Waals surface area contributed by atoms with Crippen molar-refractivity contribution in [2.75, 3.05) is 0 Å². The number of nitrogens with zero attached hydrogens (tertiary/aromatic N) is 2. The van der Waals surface area contributed by atoms with Crippen molar-refractivity contribution in [3.05, 3.63) is 58.5 Å². The Hall–Kier alpha value is -1.98. The molecule has 0 amide bonds. The maximum absolute atomic E-state index is 6.13. The van der Waals surface area contributed by atoms with Crippen LogP contribution in [0.25, 0.3) is 11.4 Å². The summed E-state index contributed by atoms with van der Waals surface area (Å²) in [4.78, 5) is 5.53. The Labute approximate surface area is 109 Å². The summed E-state index contributed by atoms with van der Waals surface area (Å²) in [7, 11) is 0. The lowest BCUT2D eigenvalue weighted by Crippen LogP contribution is -2.11. The molecular formula is C13H12N4S. The zero-order valence-corrected chi connectivity index (χ0v) is 10.4. The molecule has 90 valence electrons. The van der Waals surface area contributed by atoms with Crippen molar-refractivity contribution in [3.63, 3.8) is 0 Å². The number of nitrogens with one attached hydrogen (secondary N) is 1. The van der Waals surface area contributed by atoms with Crippen LogP contribution in [0.1, 0.15) is 16.7 Å². The Balaban J connectivity index is 1.90. The summed E-state index contributed by atoms with van der Waals surface area (Å²) in [6, 6.07) is 13.6. The molecule has 5 heteroatoms. The van der Waals surface area contributed by atoms with Crippen molar-refractivity contribution in [3.8, 4) is 11.4 Å². The monoisotopic (exact) mass is 256 g/mol. The largest absolute Gasteiger partial charge is 0.317 e. The molecule has 2 heterocycles. The lowest BCUT2D eigenvalue weighted by Gasteiger charge is -2.03. The maximum atomic E-state index is 6.13. The molecule has 0 aliphatic rings. The van der Waals surface area contributed by atoms with Gasteiger partial charge in [-0.15, -0.1) is 11.3 Å². The fourth-order valence-corrected chi connectivity index (χ4v) is 2.46. The van der Waals surface area contributed by atoms with Crippen LogP contribution in [0, 0.1) is 0 Å². The SMILES string of the molecule is NC(c1nc(-c2ccccc2)n[nH]1)c1cccs1. The Morgan fingerprint density at radius 3 is 2.67 bits per heavy atom. The molecule has 0 saturated carbocycles. The standard InChI is InChI=1S/C13H12N4S/c14-11(10-7-4-8-18-10)13-15-12(16-17-13)9-5-2-1-3-6-9/h1-8,11H,14H2,(H,15,16,17). The van der Waals surface area contributed by atoms with Crippen LogP contribution in [0.2, 0.25) is 0 Å². The highest BCUT2D eigenvalue weighted by Gasteiger charge is 2.15. The molecule has 3 rings (SSSR count). The normalized spacial score (nSPS) is 12.5. The van der Waals surface area contributed by atoms with Gasteiger partial charge in [-0.1, -0.05) is 36.4 Å². The summed E-state index contributed by atoms with van der Waals surface area (Å²) >= 11 is 1.62. The van der Waals surface area contributed by atoms with Crippen LogP contribution in [-0.4, -0.2) is 15.2 Å². The Bertz CT molecular complexity index is 616. The minimum atomic E-state index is -0.241. The van der Waals surface area contributed by atoms with E-state index in [0.717, 1.165) is 10.4 Å². The van der Waals surface area contributed by atoms with Gasteiger partial charge in [-0.25, -0.2) is 4.98 Å². The van der Waals surface area contributed by atoms with E-state index in [2.05, 4.69) is 15.2 Å². The summed E-state index contributed by atoms with van der Waals surface area (Å²) in [6.07, 6.45) is 0. The first-order chi connectivity index (χ1) is 8.84. The third kappa shape index (κ3) is 2.05. The Morgan fingerprint density at radius 2 is 1.94 bits per heavy atom. The van der Waals surface area contributed by atoms with Crippen LogP contribution < -0.4 is 5.73 Å². The van der Waals surface area contributed by atoms with Gasteiger partial charge in [0, 0.05) is 10.4 Å². The zero-order chi connectivity index (χ0) is 12.4. The molecule has 0 aliphatic carbocycles. The molecule has 4 nitrogen and oxygen atoms in total. The molecule has 0 fully saturated rings. The van der Waals surface area contributed by atoms with Crippen molar-refractivity contribution >= 4 is 11.3 Å². The number of nitrogens with two attached hydrogens (primary N) is 1. The third-order valence-electron chi connectivity index (χ3n) is 2.68. The molecular weight excluding hydrogens is 244 g/mol. The summed E-state index contributed by atoms with van der Waals surface area (Å²) in [5.41, 5.74) is 7.11. The van der Waals surface area contributed by atoms with E-state index in [0.29, 0.717) is 11.6 Å².